The lowest BCUT2D eigenvalue weighted by Crippen LogP contribution is -2.25. The van der Waals surface area contributed by atoms with E-state index >= 15 is 0 Å². The highest BCUT2D eigenvalue weighted by Gasteiger charge is 2.23. The minimum absolute atomic E-state index is 0.696. The Morgan fingerprint density at radius 1 is 1.25 bits per heavy atom. The van der Waals surface area contributed by atoms with Gasteiger partial charge in [-0.05, 0) is 32.0 Å². The second kappa shape index (κ2) is 5.96. The first-order valence-electron chi connectivity index (χ1n) is 6.99. The first kappa shape index (κ1) is 13.0. The van der Waals surface area contributed by atoms with Gasteiger partial charge in [-0.2, -0.15) is 0 Å². The van der Waals surface area contributed by atoms with Gasteiger partial charge in [-0.3, -0.25) is 4.98 Å². The van der Waals surface area contributed by atoms with E-state index in [1.54, 1.807) is 6.20 Å². The van der Waals surface area contributed by atoms with Crippen molar-refractivity contribution in [2.24, 2.45) is 5.92 Å². The highest BCUT2D eigenvalue weighted by molar-refractivity contribution is 5.60. The van der Waals surface area contributed by atoms with Crippen molar-refractivity contribution in [1.82, 2.24) is 20.3 Å². The van der Waals surface area contributed by atoms with Crippen LogP contribution in [0.15, 0.2) is 36.9 Å². The standard InChI is InChI=1S/C15H19N5/c1-16-7-12-4-6-20(11-12)15-18-9-14(10-19-15)13-3-2-5-17-8-13/h2-3,5,8-10,12,16H,4,6-7,11H2,1H3. The molecule has 5 nitrogen and oxygen atoms in total. The van der Waals surface area contributed by atoms with Crippen LogP contribution in [0, 0.1) is 5.92 Å². The Balaban J connectivity index is 1.71. The van der Waals surface area contributed by atoms with Crippen molar-refractivity contribution in [2.45, 2.75) is 6.42 Å². The van der Waals surface area contributed by atoms with Gasteiger partial charge in [0.1, 0.15) is 0 Å². The summed E-state index contributed by atoms with van der Waals surface area (Å²) in [5.41, 5.74) is 2.06. The number of rotatable bonds is 4. The Kier molecular flexibility index (Phi) is 3.87. The average Bonchev–Trinajstić information content (AvgIpc) is 2.97. The van der Waals surface area contributed by atoms with Crippen LogP contribution < -0.4 is 10.2 Å². The van der Waals surface area contributed by atoms with Crippen LogP contribution in [0.3, 0.4) is 0 Å². The number of nitrogens with zero attached hydrogens (tertiary/aromatic N) is 4. The summed E-state index contributed by atoms with van der Waals surface area (Å²) >= 11 is 0. The topological polar surface area (TPSA) is 53.9 Å². The van der Waals surface area contributed by atoms with Gasteiger partial charge in [-0.1, -0.05) is 6.07 Å². The molecule has 0 spiro atoms. The third-order valence-corrected chi connectivity index (χ3v) is 3.69. The Morgan fingerprint density at radius 3 is 2.80 bits per heavy atom. The second-order valence-electron chi connectivity index (χ2n) is 5.17. The lowest BCUT2D eigenvalue weighted by molar-refractivity contribution is 0.548. The molecule has 3 heterocycles. The molecule has 0 saturated carbocycles. The second-order valence-corrected chi connectivity index (χ2v) is 5.17. The molecule has 1 aliphatic rings. The van der Waals surface area contributed by atoms with Crippen molar-refractivity contribution in [3.05, 3.63) is 36.9 Å². The van der Waals surface area contributed by atoms with Crippen LogP contribution >= 0.6 is 0 Å². The normalized spacial score (nSPS) is 18.4. The fourth-order valence-corrected chi connectivity index (χ4v) is 2.64. The van der Waals surface area contributed by atoms with Gasteiger partial charge in [0.05, 0.1) is 0 Å². The number of pyridine rings is 1. The summed E-state index contributed by atoms with van der Waals surface area (Å²) in [7, 11) is 2.00. The molecule has 104 valence electrons. The Labute approximate surface area is 119 Å². The van der Waals surface area contributed by atoms with Crippen LogP contribution in [0.1, 0.15) is 6.42 Å². The van der Waals surface area contributed by atoms with Crippen molar-refractivity contribution in [2.75, 3.05) is 31.6 Å². The van der Waals surface area contributed by atoms with Crippen molar-refractivity contribution >= 4 is 5.95 Å². The first-order valence-corrected chi connectivity index (χ1v) is 6.99. The smallest absolute Gasteiger partial charge is 0.225 e. The maximum absolute atomic E-state index is 4.50. The molecule has 0 amide bonds. The minimum Gasteiger partial charge on any atom is -0.340 e. The SMILES string of the molecule is CNCC1CCN(c2ncc(-c3cccnc3)cn2)C1. The summed E-state index contributed by atoms with van der Waals surface area (Å²) in [6.07, 6.45) is 8.56. The summed E-state index contributed by atoms with van der Waals surface area (Å²) in [6, 6.07) is 3.94. The van der Waals surface area contributed by atoms with E-state index in [9.17, 15) is 0 Å². The van der Waals surface area contributed by atoms with Crippen molar-refractivity contribution < 1.29 is 0 Å². The summed E-state index contributed by atoms with van der Waals surface area (Å²) in [6.45, 7) is 3.13. The maximum Gasteiger partial charge on any atom is 0.225 e. The molecule has 0 radical (unpaired) electrons. The van der Waals surface area contributed by atoms with Gasteiger partial charge in [0.25, 0.3) is 0 Å². The number of nitrogens with one attached hydrogen (secondary N) is 1. The van der Waals surface area contributed by atoms with Crippen molar-refractivity contribution in [3.8, 4) is 11.1 Å². The maximum atomic E-state index is 4.50. The Hall–Kier alpha value is -2.01. The van der Waals surface area contributed by atoms with Gasteiger partial charge in [-0.25, -0.2) is 9.97 Å². The number of hydrogen-bond acceptors (Lipinski definition) is 5. The van der Waals surface area contributed by atoms with E-state index in [1.165, 1.54) is 6.42 Å². The van der Waals surface area contributed by atoms with Crippen LogP contribution in [0.5, 0.6) is 0 Å². The lowest BCUT2D eigenvalue weighted by atomic mass is 10.1. The van der Waals surface area contributed by atoms with E-state index in [1.807, 2.05) is 37.8 Å². The predicted octanol–water partition coefficient (Wildman–Crippen LogP) is 1.58. The molecule has 20 heavy (non-hydrogen) atoms. The molecule has 0 aromatic carbocycles. The molecule has 2 aromatic rings. The third kappa shape index (κ3) is 2.77. The highest BCUT2D eigenvalue weighted by Crippen LogP contribution is 2.22. The molecule has 1 N–H and O–H groups in total. The van der Waals surface area contributed by atoms with E-state index in [-0.39, 0.29) is 0 Å². The van der Waals surface area contributed by atoms with E-state index in [2.05, 4.69) is 25.2 Å². The first-order chi connectivity index (χ1) is 9.86. The quantitative estimate of drug-likeness (QED) is 0.913. The average molecular weight is 269 g/mol. The fourth-order valence-electron chi connectivity index (χ4n) is 2.64. The van der Waals surface area contributed by atoms with Crippen molar-refractivity contribution in [1.29, 1.82) is 0 Å². The van der Waals surface area contributed by atoms with Crippen LogP contribution in [-0.2, 0) is 0 Å². The lowest BCUT2D eigenvalue weighted by Gasteiger charge is -2.16. The van der Waals surface area contributed by atoms with Gasteiger partial charge < -0.3 is 10.2 Å². The molecule has 1 fully saturated rings. The third-order valence-electron chi connectivity index (χ3n) is 3.69. The van der Waals surface area contributed by atoms with E-state index in [0.29, 0.717) is 5.92 Å². The zero-order valence-electron chi connectivity index (χ0n) is 11.7. The van der Waals surface area contributed by atoms with Gasteiger partial charge in [0, 0.05) is 49.0 Å². The number of hydrogen-bond donors (Lipinski definition) is 1. The highest BCUT2D eigenvalue weighted by atomic mass is 15.3. The summed E-state index contributed by atoms with van der Waals surface area (Å²) in [5, 5.41) is 3.24. The van der Waals surface area contributed by atoms with Gasteiger partial charge in [-0.15, -0.1) is 0 Å². The largest absolute Gasteiger partial charge is 0.340 e. The molecule has 0 bridgehead atoms. The number of anilines is 1. The molecule has 1 saturated heterocycles. The molecule has 0 aliphatic carbocycles. The molecular weight excluding hydrogens is 250 g/mol. The van der Waals surface area contributed by atoms with Gasteiger partial charge in [0.2, 0.25) is 5.95 Å². The zero-order valence-corrected chi connectivity index (χ0v) is 11.7. The summed E-state index contributed by atoms with van der Waals surface area (Å²) in [4.78, 5) is 15.4. The van der Waals surface area contributed by atoms with Crippen LogP contribution in [0.25, 0.3) is 11.1 Å². The molecule has 2 aromatic heterocycles. The zero-order chi connectivity index (χ0) is 13.8. The predicted molar refractivity (Wildman–Crippen MR) is 79.5 cm³/mol. The van der Waals surface area contributed by atoms with Crippen LogP contribution in [0.4, 0.5) is 5.95 Å². The van der Waals surface area contributed by atoms with Crippen LogP contribution in [0.2, 0.25) is 0 Å². The molecule has 1 atom stereocenters. The van der Waals surface area contributed by atoms with Crippen molar-refractivity contribution in [3.63, 3.8) is 0 Å². The van der Waals surface area contributed by atoms with Crippen LogP contribution in [-0.4, -0.2) is 41.6 Å². The molecule has 1 unspecified atom stereocenters. The molecule has 3 rings (SSSR count). The Morgan fingerprint density at radius 2 is 2.10 bits per heavy atom. The monoisotopic (exact) mass is 269 g/mol. The minimum atomic E-state index is 0.696. The molecule has 5 heteroatoms. The number of aromatic nitrogens is 3. The summed E-state index contributed by atoms with van der Waals surface area (Å²) < 4.78 is 0. The van der Waals surface area contributed by atoms with E-state index in [4.69, 9.17) is 0 Å². The van der Waals surface area contributed by atoms with E-state index < -0.39 is 0 Å². The van der Waals surface area contributed by atoms with Gasteiger partial charge in [0.15, 0.2) is 0 Å². The van der Waals surface area contributed by atoms with Gasteiger partial charge >= 0.3 is 0 Å². The summed E-state index contributed by atoms with van der Waals surface area (Å²) in [5.74, 6) is 1.53. The molecule has 1 aliphatic heterocycles. The fraction of sp³-hybridized carbons (Fsp3) is 0.400. The van der Waals surface area contributed by atoms with E-state index in [0.717, 1.165) is 36.7 Å². The molecular formula is C15H19N5. The Bertz CT molecular complexity index is 540.